The molecule has 2 aliphatic rings. The topological polar surface area (TPSA) is 82.6 Å². The summed E-state index contributed by atoms with van der Waals surface area (Å²) in [6, 6.07) is 8.38. The number of imidazole rings is 1. The second-order valence-corrected chi connectivity index (χ2v) is 8.65. The highest BCUT2D eigenvalue weighted by atomic mass is 16.5. The molecule has 31 heavy (non-hydrogen) atoms. The van der Waals surface area contributed by atoms with E-state index in [4.69, 9.17) is 15.2 Å². The number of methoxy groups -OCH3 is 1. The molecule has 0 spiro atoms. The van der Waals surface area contributed by atoms with Crippen LogP contribution in [-0.2, 0) is 9.53 Å². The van der Waals surface area contributed by atoms with Crippen LogP contribution in [0.1, 0.15) is 50.8 Å². The zero-order valence-electron chi connectivity index (χ0n) is 18.5. The van der Waals surface area contributed by atoms with E-state index in [0.29, 0.717) is 19.0 Å². The summed E-state index contributed by atoms with van der Waals surface area (Å²) in [5.74, 6) is 1.04. The van der Waals surface area contributed by atoms with Crippen LogP contribution in [0.15, 0.2) is 30.6 Å². The third-order valence-corrected chi connectivity index (χ3v) is 6.48. The van der Waals surface area contributed by atoms with Crippen LogP contribution in [0.25, 0.3) is 12.7 Å². The Morgan fingerprint density at radius 2 is 1.97 bits per heavy atom. The Balaban J connectivity index is 1.37. The van der Waals surface area contributed by atoms with Gasteiger partial charge in [0.2, 0.25) is 5.91 Å². The SMILES string of the molecule is C=c1/c(=C\C(N)O[C@H](C)[C@@H]2CC(=O)N([C@H](C)c3ccc(OC)cc3)C2)ncn1C1CC1. The van der Waals surface area contributed by atoms with Crippen molar-refractivity contribution in [3.63, 3.8) is 0 Å². The van der Waals surface area contributed by atoms with Gasteiger partial charge in [0.1, 0.15) is 12.0 Å². The molecule has 2 fully saturated rings. The molecule has 2 N–H and O–H groups in total. The molecule has 1 saturated carbocycles. The number of carbonyl (C=O) groups is 1. The van der Waals surface area contributed by atoms with Crippen molar-refractivity contribution in [1.82, 2.24) is 14.5 Å². The Morgan fingerprint density at radius 1 is 1.26 bits per heavy atom. The van der Waals surface area contributed by atoms with Crippen molar-refractivity contribution in [2.24, 2.45) is 11.7 Å². The number of rotatable bonds is 8. The molecule has 1 aromatic heterocycles. The van der Waals surface area contributed by atoms with Crippen LogP contribution in [0.2, 0.25) is 0 Å². The zero-order valence-corrected chi connectivity index (χ0v) is 18.5. The molecule has 1 aliphatic heterocycles. The zero-order chi connectivity index (χ0) is 22.1. The van der Waals surface area contributed by atoms with Crippen LogP contribution >= 0.6 is 0 Å². The van der Waals surface area contributed by atoms with Gasteiger partial charge in [-0.15, -0.1) is 0 Å². The molecule has 1 amide bonds. The highest BCUT2D eigenvalue weighted by Crippen LogP contribution is 2.33. The first kappa shape index (κ1) is 21.6. The lowest BCUT2D eigenvalue weighted by Gasteiger charge is -2.27. The number of hydrogen-bond acceptors (Lipinski definition) is 5. The van der Waals surface area contributed by atoms with Gasteiger partial charge in [-0.1, -0.05) is 18.7 Å². The number of amides is 1. The van der Waals surface area contributed by atoms with Gasteiger partial charge < -0.3 is 24.7 Å². The average molecular weight is 425 g/mol. The molecular formula is C24H32N4O3. The fraction of sp³-hybridized carbons (Fsp3) is 0.500. The first-order valence-corrected chi connectivity index (χ1v) is 11.0. The molecule has 4 rings (SSSR count). The Hall–Kier alpha value is -2.64. The molecular weight excluding hydrogens is 392 g/mol. The summed E-state index contributed by atoms with van der Waals surface area (Å²) in [6.07, 6.45) is 5.72. The van der Waals surface area contributed by atoms with Crippen LogP contribution in [0, 0.1) is 5.92 Å². The maximum atomic E-state index is 12.7. The molecule has 4 atom stereocenters. The van der Waals surface area contributed by atoms with Gasteiger partial charge >= 0.3 is 0 Å². The summed E-state index contributed by atoms with van der Waals surface area (Å²) in [6.45, 7) is 8.82. The van der Waals surface area contributed by atoms with Crippen molar-refractivity contribution in [2.45, 2.75) is 57.5 Å². The lowest BCUT2D eigenvalue weighted by atomic mass is 10.0. The quantitative estimate of drug-likeness (QED) is 0.653. The number of nitrogens with two attached hydrogens (primary N) is 1. The third kappa shape index (κ3) is 4.67. The molecule has 0 radical (unpaired) electrons. The second-order valence-electron chi connectivity index (χ2n) is 8.65. The monoisotopic (exact) mass is 424 g/mol. The summed E-state index contributed by atoms with van der Waals surface area (Å²) in [5.41, 5.74) is 7.31. The van der Waals surface area contributed by atoms with Gasteiger partial charge in [0.25, 0.3) is 0 Å². The van der Waals surface area contributed by atoms with E-state index in [9.17, 15) is 4.79 Å². The number of benzene rings is 1. The van der Waals surface area contributed by atoms with Crippen LogP contribution in [0.5, 0.6) is 5.75 Å². The summed E-state index contributed by atoms with van der Waals surface area (Å²) in [5, 5.41) is 1.65. The van der Waals surface area contributed by atoms with Gasteiger partial charge in [0, 0.05) is 24.9 Å². The van der Waals surface area contributed by atoms with Gasteiger partial charge in [0.05, 0.1) is 36.3 Å². The Bertz CT molecular complexity index is 1030. The van der Waals surface area contributed by atoms with Crippen LogP contribution in [0.3, 0.4) is 0 Å². The fourth-order valence-corrected chi connectivity index (χ4v) is 4.27. The molecule has 2 heterocycles. The highest BCUT2D eigenvalue weighted by molar-refractivity contribution is 5.79. The first-order valence-electron chi connectivity index (χ1n) is 11.0. The van der Waals surface area contributed by atoms with E-state index in [1.807, 2.05) is 48.5 Å². The number of likely N-dealkylation sites (tertiary alicyclic amines) is 1. The second kappa shape index (κ2) is 8.85. The summed E-state index contributed by atoms with van der Waals surface area (Å²) >= 11 is 0. The molecule has 1 unspecified atom stereocenters. The number of carbonyl (C=O) groups excluding carboxylic acids is 1. The number of hydrogen-bond donors (Lipinski definition) is 1. The average Bonchev–Trinajstić information content (AvgIpc) is 3.43. The van der Waals surface area contributed by atoms with Crippen molar-refractivity contribution in [3.05, 3.63) is 46.9 Å². The van der Waals surface area contributed by atoms with Crippen LogP contribution in [-0.4, -0.2) is 46.3 Å². The number of nitrogens with zero attached hydrogens (tertiary/aromatic N) is 3. The normalized spacial score (nSPS) is 22.6. The van der Waals surface area contributed by atoms with E-state index in [-0.39, 0.29) is 24.0 Å². The Kier molecular flexibility index (Phi) is 6.16. The molecule has 0 bridgehead atoms. The minimum Gasteiger partial charge on any atom is -0.497 e. The predicted molar refractivity (Wildman–Crippen MR) is 119 cm³/mol. The summed E-state index contributed by atoms with van der Waals surface area (Å²) in [7, 11) is 1.65. The maximum Gasteiger partial charge on any atom is 0.223 e. The lowest BCUT2D eigenvalue weighted by Crippen LogP contribution is -2.36. The first-order chi connectivity index (χ1) is 14.9. The molecule has 7 nitrogen and oxygen atoms in total. The van der Waals surface area contributed by atoms with E-state index in [1.54, 1.807) is 7.11 Å². The van der Waals surface area contributed by atoms with Crippen molar-refractivity contribution < 1.29 is 14.3 Å². The van der Waals surface area contributed by atoms with E-state index < -0.39 is 6.23 Å². The number of aromatic nitrogens is 2. The molecule has 166 valence electrons. The highest BCUT2D eigenvalue weighted by Gasteiger charge is 2.36. The van der Waals surface area contributed by atoms with Gasteiger partial charge in [-0.2, -0.15) is 0 Å². The van der Waals surface area contributed by atoms with E-state index in [1.165, 1.54) is 12.8 Å². The van der Waals surface area contributed by atoms with E-state index in [0.717, 1.165) is 22.0 Å². The van der Waals surface area contributed by atoms with E-state index in [2.05, 4.69) is 23.1 Å². The predicted octanol–water partition coefficient (Wildman–Crippen LogP) is 1.72. The Labute approximate surface area is 183 Å². The van der Waals surface area contributed by atoms with Crippen LogP contribution < -0.4 is 21.2 Å². The molecule has 2 aromatic rings. The minimum atomic E-state index is -0.596. The van der Waals surface area contributed by atoms with Crippen molar-refractivity contribution in [3.8, 4) is 5.75 Å². The standard InChI is InChI=1S/C24H32N4O3/c1-15(18-5-9-21(30-4)10-6-18)27-13-19(11-24(27)29)17(3)31-23(25)12-22-16(2)28(14-26-22)20-7-8-20/h5-6,9-10,12,14-15,17,19-20,23H,2,7-8,11,13,25H2,1,3-4H3/b22-12+/t15-,17-,19-,23?/m1/s1. The number of ether oxygens (including phenoxy) is 2. The third-order valence-electron chi connectivity index (χ3n) is 6.48. The molecule has 1 aliphatic carbocycles. The Morgan fingerprint density at radius 3 is 2.61 bits per heavy atom. The molecule has 1 aromatic carbocycles. The summed E-state index contributed by atoms with van der Waals surface area (Å²) in [4.78, 5) is 19.1. The van der Waals surface area contributed by atoms with Crippen molar-refractivity contribution >= 4 is 18.6 Å². The van der Waals surface area contributed by atoms with Gasteiger partial charge in [-0.25, -0.2) is 4.98 Å². The largest absolute Gasteiger partial charge is 0.497 e. The van der Waals surface area contributed by atoms with Crippen molar-refractivity contribution in [2.75, 3.05) is 13.7 Å². The minimum absolute atomic E-state index is 0.00375. The van der Waals surface area contributed by atoms with Gasteiger partial charge in [-0.05, 0) is 50.5 Å². The maximum absolute atomic E-state index is 12.7. The van der Waals surface area contributed by atoms with Gasteiger partial charge in [-0.3, -0.25) is 4.79 Å². The van der Waals surface area contributed by atoms with Crippen LogP contribution in [0.4, 0.5) is 0 Å². The molecule has 7 heteroatoms. The fourth-order valence-electron chi connectivity index (χ4n) is 4.27. The van der Waals surface area contributed by atoms with Crippen molar-refractivity contribution in [1.29, 1.82) is 0 Å². The van der Waals surface area contributed by atoms with Gasteiger partial charge in [0.15, 0.2) is 0 Å². The smallest absolute Gasteiger partial charge is 0.223 e. The lowest BCUT2D eigenvalue weighted by molar-refractivity contribution is -0.129. The molecule has 1 saturated heterocycles. The van der Waals surface area contributed by atoms with E-state index >= 15 is 0 Å². The summed E-state index contributed by atoms with van der Waals surface area (Å²) < 4.78 is 13.4.